The number of carbonyl (C=O) groups is 2. The van der Waals surface area contributed by atoms with Gasteiger partial charge in [-0.1, -0.05) is 6.92 Å². The fourth-order valence-corrected chi connectivity index (χ4v) is 3.66. The summed E-state index contributed by atoms with van der Waals surface area (Å²) < 4.78 is 0. The van der Waals surface area contributed by atoms with Crippen molar-refractivity contribution in [2.45, 2.75) is 53.0 Å². The Hall–Kier alpha value is -1.26. The molecule has 0 aromatic heterocycles. The Bertz CT molecular complexity index is 422. The zero-order chi connectivity index (χ0) is 15.8. The normalized spacial score (nSPS) is 30.6. The second kappa shape index (κ2) is 5.85. The topological polar surface area (TPSA) is 60.9 Å². The first-order valence-electron chi connectivity index (χ1n) is 8.02. The van der Waals surface area contributed by atoms with E-state index in [0.29, 0.717) is 18.5 Å². The summed E-state index contributed by atoms with van der Waals surface area (Å²) in [6.45, 7) is 9.96. The summed E-state index contributed by atoms with van der Waals surface area (Å²) in [6, 6.07) is 0.387. The summed E-state index contributed by atoms with van der Waals surface area (Å²) in [5, 5.41) is 9.39. The first-order valence-corrected chi connectivity index (χ1v) is 8.02. The molecule has 0 radical (unpaired) electrons. The van der Waals surface area contributed by atoms with Gasteiger partial charge in [0.25, 0.3) is 0 Å². The molecule has 2 aliphatic heterocycles. The van der Waals surface area contributed by atoms with Gasteiger partial charge in [0.05, 0.1) is 5.41 Å². The third-order valence-corrected chi connectivity index (χ3v) is 5.29. The summed E-state index contributed by atoms with van der Waals surface area (Å²) >= 11 is 0. The second-order valence-corrected chi connectivity index (χ2v) is 7.44. The van der Waals surface area contributed by atoms with Crippen LogP contribution >= 0.6 is 0 Å². The molecule has 2 rings (SSSR count). The standard InChI is InChI=1S/C16H28N2O3/c1-11-8-12(2)18(9-11)15(21)17-7-5-6-13(10-17)16(3,4)14(19)20/h11-13H,5-10H2,1-4H3,(H,19,20). The van der Waals surface area contributed by atoms with Crippen molar-refractivity contribution < 1.29 is 14.7 Å². The molecule has 120 valence electrons. The Morgan fingerprint density at radius 2 is 1.86 bits per heavy atom. The number of amides is 2. The summed E-state index contributed by atoms with van der Waals surface area (Å²) in [5.74, 6) is -0.187. The third kappa shape index (κ3) is 3.16. The van der Waals surface area contributed by atoms with Crippen LogP contribution in [0.4, 0.5) is 4.79 Å². The van der Waals surface area contributed by atoms with Crippen molar-refractivity contribution in [3.05, 3.63) is 0 Å². The summed E-state index contributed by atoms with van der Waals surface area (Å²) in [4.78, 5) is 28.0. The number of hydrogen-bond donors (Lipinski definition) is 1. The number of nitrogens with zero attached hydrogens (tertiary/aromatic N) is 2. The number of rotatable bonds is 2. The first kappa shape index (κ1) is 16.1. The monoisotopic (exact) mass is 296 g/mol. The van der Waals surface area contributed by atoms with Crippen LogP contribution in [0.5, 0.6) is 0 Å². The minimum Gasteiger partial charge on any atom is -0.481 e. The van der Waals surface area contributed by atoms with Crippen LogP contribution in [0.3, 0.4) is 0 Å². The van der Waals surface area contributed by atoms with Crippen LogP contribution in [0.2, 0.25) is 0 Å². The number of carboxylic acid groups (broad SMARTS) is 1. The Balaban J connectivity index is 2.04. The highest BCUT2D eigenvalue weighted by Crippen LogP contribution is 2.35. The summed E-state index contributed by atoms with van der Waals surface area (Å²) in [7, 11) is 0. The van der Waals surface area contributed by atoms with Crippen LogP contribution in [0, 0.1) is 17.3 Å². The van der Waals surface area contributed by atoms with Crippen LogP contribution < -0.4 is 0 Å². The molecule has 5 nitrogen and oxygen atoms in total. The highest BCUT2D eigenvalue weighted by atomic mass is 16.4. The second-order valence-electron chi connectivity index (χ2n) is 7.44. The molecule has 2 aliphatic rings. The fraction of sp³-hybridized carbons (Fsp3) is 0.875. The van der Waals surface area contributed by atoms with Gasteiger partial charge in [-0.2, -0.15) is 0 Å². The largest absolute Gasteiger partial charge is 0.481 e. The van der Waals surface area contributed by atoms with Gasteiger partial charge >= 0.3 is 12.0 Å². The Morgan fingerprint density at radius 3 is 2.38 bits per heavy atom. The van der Waals surface area contributed by atoms with E-state index >= 15 is 0 Å². The molecule has 21 heavy (non-hydrogen) atoms. The van der Waals surface area contributed by atoms with E-state index in [1.54, 1.807) is 13.8 Å². The van der Waals surface area contributed by atoms with E-state index in [4.69, 9.17) is 0 Å². The number of carboxylic acids is 1. The van der Waals surface area contributed by atoms with Crippen molar-refractivity contribution in [3.63, 3.8) is 0 Å². The van der Waals surface area contributed by atoms with Gasteiger partial charge in [0, 0.05) is 25.7 Å². The van der Waals surface area contributed by atoms with Crippen molar-refractivity contribution in [2.75, 3.05) is 19.6 Å². The van der Waals surface area contributed by atoms with Crippen molar-refractivity contribution in [1.29, 1.82) is 0 Å². The molecule has 2 fully saturated rings. The molecule has 2 heterocycles. The molecular weight excluding hydrogens is 268 g/mol. The smallest absolute Gasteiger partial charge is 0.320 e. The van der Waals surface area contributed by atoms with E-state index in [1.165, 1.54) is 0 Å². The number of urea groups is 1. The molecule has 0 aliphatic carbocycles. The van der Waals surface area contributed by atoms with Gasteiger partial charge in [-0.15, -0.1) is 0 Å². The Kier molecular flexibility index (Phi) is 4.49. The van der Waals surface area contributed by atoms with Crippen molar-refractivity contribution in [1.82, 2.24) is 9.80 Å². The minimum atomic E-state index is -0.775. The van der Waals surface area contributed by atoms with Crippen LogP contribution in [0.1, 0.15) is 47.0 Å². The van der Waals surface area contributed by atoms with Crippen LogP contribution in [-0.4, -0.2) is 52.6 Å². The zero-order valence-electron chi connectivity index (χ0n) is 13.6. The number of likely N-dealkylation sites (tertiary alicyclic amines) is 2. The van der Waals surface area contributed by atoms with E-state index in [-0.39, 0.29) is 11.9 Å². The maximum atomic E-state index is 12.7. The maximum Gasteiger partial charge on any atom is 0.320 e. The van der Waals surface area contributed by atoms with Gasteiger partial charge in [0.15, 0.2) is 0 Å². The van der Waals surface area contributed by atoms with Crippen molar-refractivity contribution >= 4 is 12.0 Å². The molecular formula is C16H28N2O3. The Labute approximate surface area is 127 Å². The van der Waals surface area contributed by atoms with E-state index in [0.717, 1.165) is 32.4 Å². The molecule has 1 N–H and O–H groups in total. The van der Waals surface area contributed by atoms with Gasteiger partial charge in [-0.05, 0) is 51.9 Å². The predicted octanol–water partition coefficient (Wildman–Crippen LogP) is 2.66. The van der Waals surface area contributed by atoms with Gasteiger partial charge in [-0.3, -0.25) is 4.79 Å². The molecule has 0 bridgehead atoms. The van der Waals surface area contributed by atoms with Gasteiger partial charge < -0.3 is 14.9 Å². The molecule has 0 spiro atoms. The van der Waals surface area contributed by atoms with Crippen LogP contribution in [-0.2, 0) is 4.79 Å². The predicted molar refractivity (Wildman–Crippen MR) is 81.1 cm³/mol. The average molecular weight is 296 g/mol. The molecule has 2 saturated heterocycles. The van der Waals surface area contributed by atoms with E-state index < -0.39 is 11.4 Å². The number of piperidine rings is 1. The molecule has 0 saturated carbocycles. The van der Waals surface area contributed by atoms with E-state index in [1.807, 2.05) is 9.80 Å². The quantitative estimate of drug-likeness (QED) is 0.852. The Morgan fingerprint density at radius 1 is 1.19 bits per heavy atom. The lowest BCUT2D eigenvalue weighted by atomic mass is 9.74. The highest BCUT2D eigenvalue weighted by molar-refractivity contribution is 5.76. The van der Waals surface area contributed by atoms with Crippen LogP contribution in [0.25, 0.3) is 0 Å². The van der Waals surface area contributed by atoms with Crippen molar-refractivity contribution in [2.24, 2.45) is 17.3 Å². The zero-order valence-corrected chi connectivity index (χ0v) is 13.6. The lowest BCUT2D eigenvalue weighted by molar-refractivity contribution is -0.151. The summed E-state index contributed by atoms with van der Waals surface area (Å²) in [6.07, 6.45) is 2.84. The molecule has 0 aromatic rings. The maximum absolute atomic E-state index is 12.7. The molecule has 2 amide bonds. The van der Waals surface area contributed by atoms with Gasteiger partial charge in [-0.25, -0.2) is 4.79 Å². The van der Waals surface area contributed by atoms with E-state index in [9.17, 15) is 14.7 Å². The van der Waals surface area contributed by atoms with E-state index in [2.05, 4.69) is 13.8 Å². The van der Waals surface area contributed by atoms with Crippen LogP contribution in [0.15, 0.2) is 0 Å². The van der Waals surface area contributed by atoms with Gasteiger partial charge in [0.2, 0.25) is 0 Å². The number of aliphatic carboxylic acids is 1. The highest BCUT2D eigenvalue weighted by Gasteiger charge is 2.41. The third-order valence-electron chi connectivity index (χ3n) is 5.29. The van der Waals surface area contributed by atoms with Gasteiger partial charge in [0.1, 0.15) is 0 Å². The lowest BCUT2D eigenvalue weighted by Gasteiger charge is -2.41. The minimum absolute atomic E-state index is 0.0306. The number of hydrogen-bond acceptors (Lipinski definition) is 2. The average Bonchev–Trinajstić information content (AvgIpc) is 2.76. The SMILES string of the molecule is CC1CC(C)N(C(=O)N2CCCC(C(C)(C)C(=O)O)C2)C1. The lowest BCUT2D eigenvalue weighted by Crippen LogP contribution is -2.51. The molecule has 3 unspecified atom stereocenters. The number of carbonyl (C=O) groups excluding carboxylic acids is 1. The summed E-state index contributed by atoms with van der Waals surface area (Å²) in [5.41, 5.74) is -0.775. The van der Waals surface area contributed by atoms with Crippen molar-refractivity contribution in [3.8, 4) is 0 Å². The molecule has 5 heteroatoms. The first-order chi connectivity index (χ1) is 9.73. The molecule has 0 aromatic carbocycles. The fourth-order valence-electron chi connectivity index (χ4n) is 3.66. The molecule has 3 atom stereocenters.